The van der Waals surface area contributed by atoms with Gasteiger partial charge in [-0.2, -0.15) is 0 Å². The molecule has 0 fully saturated rings. The van der Waals surface area contributed by atoms with Crippen molar-refractivity contribution in [2.75, 3.05) is 10.1 Å². The second-order valence-corrected chi connectivity index (χ2v) is 6.99. The summed E-state index contributed by atoms with van der Waals surface area (Å²) in [7, 11) is -4.06. The molecule has 0 amide bonds. The van der Waals surface area contributed by atoms with Crippen LogP contribution in [0, 0.1) is 10.1 Å². The minimum Gasteiger partial charge on any atom is -0.310 e. The van der Waals surface area contributed by atoms with E-state index >= 15 is 0 Å². The third-order valence-electron chi connectivity index (χ3n) is 2.27. The molecule has 0 aliphatic rings. The number of pyridine rings is 1. The number of halogens is 1. The summed E-state index contributed by atoms with van der Waals surface area (Å²) in [6, 6.07) is 3.89. The summed E-state index contributed by atoms with van der Waals surface area (Å²) < 4.78 is 26.2. The molecule has 2 heterocycles. The lowest BCUT2D eigenvalue weighted by molar-refractivity contribution is -0.383. The number of hydrazine groups is 1. The van der Waals surface area contributed by atoms with Gasteiger partial charge in [0, 0.05) is 12.3 Å². The van der Waals surface area contributed by atoms with Gasteiger partial charge in [0.15, 0.2) is 10.8 Å². The first-order chi connectivity index (χ1) is 9.85. The van der Waals surface area contributed by atoms with Gasteiger partial charge in [-0.1, -0.05) is 22.9 Å². The molecule has 0 spiro atoms. The highest BCUT2D eigenvalue weighted by Crippen LogP contribution is 2.37. The molecule has 0 aromatic carbocycles. The molecule has 2 rings (SSSR count). The summed E-state index contributed by atoms with van der Waals surface area (Å²) in [6.07, 6.45) is 1.35. The number of nitrogens with zero attached hydrogens (tertiary/aromatic N) is 2. The van der Waals surface area contributed by atoms with Crippen molar-refractivity contribution in [1.29, 1.82) is 0 Å². The fraction of sp³-hybridized carbons (Fsp3) is 0. The zero-order valence-corrected chi connectivity index (χ0v) is 12.5. The van der Waals surface area contributed by atoms with Gasteiger partial charge in [-0.25, -0.2) is 19.2 Å². The summed E-state index contributed by atoms with van der Waals surface area (Å²) in [6.45, 7) is 0. The summed E-state index contributed by atoms with van der Waals surface area (Å²) >= 11 is 6.43. The van der Waals surface area contributed by atoms with Gasteiger partial charge in [0.1, 0.15) is 4.21 Å². The Bertz CT molecular complexity index is 791. The van der Waals surface area contributed by atoms with Crippen molar-refractivity contribution in [1.82, 2.24) is 4.98 Å². The number of thiophene rings is 1. The number of nitrogens with two attached hydrogens (primary N) is 1. The Morgan fingerprint density at radius 1 is 1.48 bits per heavy atom. The maximum absolute atomic E-state index is 12.2. The van der Waals surface area contributed by atoms with Gasteiger partial charge in [0.2, 0.25) is 0 Å². The third-order valence-corrected chi connectivity index (χ3v) is 5.45. The number of nitrogen functional groups attached to an aromatic ring is 1. The van der Waals surface area contributed by atoms with Gasteiger partial charge in [0.05, 0.1) is 9.95 Å². The van der Waals surface area contributed by atoms with Crippen LogP contribution in [0.2, 0.25) is 5.02 Å². The summed E-state index contributed by atoms with van der Waals surface area (Å²) in [5.41, 5.74) is 1.65. The highest BCUT2D eigenvalue weighted by atomic mass is 35.5. The van der Waals surface area contributed by atoms with Crippen LogP contribution in [0.25, 0.3) is 0 Å². The number of nitrogens with one attached hydrogen (secondary N) is 2. The van der Waals surface area contributed by atoms with E-state index in [4.69, 9.17) is 17.4 Å². The van der Waals surface area contributed by atoms with Gasteiger partial charge >= 0.3 is 5.69 Å². The van der Waals surface area contributed by atoms with E-state index in [2.05, 4.69) is 15.1 Å². The second kappa shape index (κ2) is 5.81. The Morgan fingerprint density at radius 2 is 2.19 bits per heavy atom. The summed E-state index contributed by atoms with van der Waals surface area (Å²) in [4.78, 5) is 13.8. The number of nitro groups is 1. The molecule has 0 unspecified atom stereocenters. The largest absolute Gasteiger partial charge is 0.310 e. The fourth-order valence-corrected chi connectivity index (χ4v) is 3.86. The van der Waals surface area contributed by atoms with E-state index in [9.17, 15) is 18.5 Å². The first-order valence-corrected chi connectivity index (χ1v) is 7.91. The molecule has 2 aromatic rings. The van der Waals surface area contributed by atoms with Crippen LogP contribution in [0.1, 0.15) is 0 Å². The van der Waals surface area contributed by atoms with Crippen molar-refractivity contribution in [3.63, 3.8) is 0 Å². The van der Waals surface area contributed by atoms with Gasteiger partial charge in [-0.15, -0.1) is 0 Å². The van der Waals surface area contributed by atoms with Gasteiger partial charge in [0.25, 0.3) is 10.0 Å². The number of rotatable bonds is 5. The Hall–Kier alpha value is -1.95. The van der Waals surface area contributed by atoms with E-state index in [0.717, 1.165) is 6.07 Å². The van der Waals surface area contributed by atoms with Crippen molar-refractivity contribution < 1.29 is 13.3 Å². The van der Waals surface area contributed by atoms with Crippen LogP contribution in [-0.4, -0.2) is 18.3 Å². The Labute approximate surface area is 127 Å². The molecule has 0 radical (unpaired) electrons. The van der Waals surface area contributed by atoms with Gasteiger partial charge in [-0.3, -0.25) is 14.8 Å². The fourth-order valence-electron chi connectivity index (χ4n) is 1.37. The lowest BCUT2D eigenvalue weighted by Gasteiger charge is -2.05. The van der Waals surface area contributed by atoms with Crippen molar-refractivity contribution in [2.24, 2.45) is 5.84 Å². The number of hydrogen-bond donors (Lipinski definition) is 3. The average molecular weight is 350 g/mol. The van der Waals surface area contributed by atoms with E-state index < -0.39 is 20.6 Å². The van der Waals surface area contributed by atoms with Crippen LogP contribution in [0.4, 0.5) is 16.5 Å². The SMILES string of the molecule is NNc1sc(S(=O)(=O)Nc2ncccc2Cl)cc1[N+](=O)[O-]. The molecule has 112 valence electrons. The van der Waals surface area contributed by atoms with Gasteiger partial charge in [-0.05, 0) is 12.1 Å². The highest BCUT2D eigenvalue weighted by molar-refractivity contribution is 7.94. The lowest BCUT2D eigenvalue weighted by Crippen LogP contribution is -2.12. The van der Waals surface area contributed by atoms with Crippen LogP contribution in [0.5, 0.6) is 0 Å². The normalized spacial score (nSPS) is 11.1. The molecular formula is C9H8ClN5O4S2. The molecule has 9 nitrogen and oxygen atoms in total. The number of anilines is 2. The van der Waals surface area contributed by atoms with Gasteiger partial charge < -0.3 is 5.43 Å². The molecule has 0 saturated heterocycles. The first-order valence-electron chi connectivity index (χ1n) is 5.23. The second-order valence-electron chi connectivity index (χ2n) is 3.62. The Balaban J connectivity index is 2.41. The molecule has 0 atom stereocenters. The Kier molecular flexibility index (Phi) is 4.27. The zero-order chi connectivity index (χ0) is 15.6. The molecule has 4 N–H and O–H groups in total. The lowest BCUT2D eigenvalue weighted by atomic mass is 10.5. The van der Waals surface area contributed by atoms with Crippen LogP contribution < -0.4 is 16.0 Å². The van der Waals surface area contributed by atoms with Crippen molar-refractivity contribution in [3.05, 3.63) is 39.5 Å². The number of hydrogen-bond acceptors (Lipinski definition) is 8. The van der Waals surface area contributed by atoms with E-state index in [0.29, 0.717) is 11.3 Å². The Morgan fingerprint density at radius 3 is 2.71 bits per heavy atom. The topological polar surface area (TPSA) is 140 Å². The summed E-state index contributed by atoms with van der Waals surface area (Å²) in [5, 5.41) is 10.8. The minimum absolute atomic E-state index is 0.0718. The number of aromatic nitrogens is 1. The quantitative estimate of drug-likeness (QED) is 0.424. The standard InChI is InChI=1S/C9H8ClN5O4S2/c10-5-2-1-3-12-8(5)14-21(18,19)7-4-6(15(16)17)9(13-11)20-7/h1-4,13H,11H2,(H,12,14). The predicted octanol–water partition coefficient (Wildman–Crippen LogP) is 1.79. The molecular weight excluding hydrogens is 342 g/mol. The van der Waals surface area contributed by atoms with E-state index in [-0.39, 0.29) is 20.1 Å². The third kappa shape index (κ3) is 3.21. The average Bonchev–Trinajstić information content (AvgIpc) is 2.86. The molecule has 0 saturated carbocycles. The molecule has 2 aromatic heterocycles. The monoisotopic (exact) mass is 349 g/mol. The predicted molar refractivity (Wildman–Crippen MR) is 78.8 cm³/mol. The smallest absolute Gasteiger partial charge is 0.306 e. The van der Waals surface area contributed by atoms with E-state index in [1.807, 2.05) is 0 Å². The maximum Gasteiger partial charge on any atom is 0.306 e. The van der Waals surface area contributed by atoms with Crippen molar-refractivity contribution in [3.8, 4) is 0 Å². The molecule has 21 heavy (non-hydrogen) atoms. The van der Waals surface area contributed by atoms with Crippen molar-refractivity contribution >= 4 is 49.5 Å². The zero-order valence-electron chi connectivity index (χ0n) is 10.1. The molecule has 12 heteroatoms. The van der Waals surface area contributed by atoms with E-state index in [1.165, 1.54) is 18.3 Å². The summed E-state index contributed by atoms with van der Waals surface area (Å²) in [5.74, 6) is 5.06. The molecule has 0 aliphatic carbocycles. The van der Waals surface area contributed by atoms with E-state index in [1.54, 1.807) is 0 Å². The first kappa shape index (κ1) is 15.4. The molecule has 0 aliphatic heterocycles. The van der Waals surface area contributed by atoms with Crippen molar-refractivity contribution in [2.45, 2.75) is 4.21 Å². The number of sulfonamides is 1. The van der Waals surface area contributed by atoms with Crippen LogP contribution in [0.15, 0.2) is 28.6 Å². The van der Waals surface area contributed by atoms with Crippen LogP contribution in [-0.2, 0) is 10.0 Å². The van der Waals surface area contributed by atoms with Crippen LogP contribution >= 0.6 is 22.9 Å². The van der Waals surface area contributed by atoms with Crippen LogP contribution in [0.3, 0.4) is 0 Å². The molecule has 0 bridgehead atoms. The minimum atomic E-state index is -4.06. The highest BCUT2D eigenvalue weighted by Gasteiger charge is 2.26. The maximum atomic E-state index is 12.2.